The van der Waals surface area contributed by atoms with Crippen molar-refractivity contribution in [2.24, 2.45) is 5.16 Å². The smallest absolute Gasteiger partial charge is 0.355 e. The standard InChI is InChI=1S/C42H35ClN6O6S2/c1-53-32-19-17-27(18-20-32)24-54-40(52)36-28(23-43)25-56-39-35(38(51)49(36)39)46-37(50)34(48-55-22-21-44)33-26-57-41(45-33)47-42(29-11-5-2-6-12-29,30-13-7-3-8-14-30)31-15-9-4-10-16-31/h2-20,26,35,39H,22-25H2,1H3,(H,45,47)(H,46,50)/b48-34-/t35-,39-/m1/s1. The average Bonchev–Trinajstić information content (AvgIpc) is 3.73. The van der Waals surface area contributed by atoms with Crippen molar-refractivity contribution < 1.29 is 28.7 Å². The summed E-state index contributed by atoms with van der Waals surface area (Å²) < 4.78 is 10.8. The van der Waals surface area contributed by atoms with Crippen LogP contribution in [0.25, 0.3) is 0 Å². The molecular weight excluding hydrogens is 784 g/mol. The van der Waals surface area contributed by atoms with Crippen molar-refractivity contribution in [3.05, 3.63) is 160 Å². The summed E-state index contributed by atoms with van der Waals surface area (Å²) in [6.07, 6.45) is 0. The third kappa shape index (κ3) is 8.08. The van der Waals surface area contributed by atoms with E-state index in [2.05, 4.69) is 15.8 Å². The first-order valence-corrected chi connectivity index (χ1v) is 20.2. The Hall–Kier alpha value is -6.14. The van der Waals surface area contributed by atoms with E-state index in [-0.39, 0.29) is 29.6 Å². The van der Waals surface area contributed by atoms with E-state index >= 15 is 0 Å². The molecule has 2 atom stereocenters. The topological polar surface area (TPSA) is 155 Å². The second-order valence-corrected chi connectivity index (χ2v) is 15.0. The molecular formula is C42H35ClN6O6S2. The lowest BCUT2D eigenvalue weighted by Crippen LogP contribution is -2.71. The predicted octanol–water partition coefficient (Wildman–Crippen LogP) is 6.44. The maximum Gasteiger partial charge on any atom is 0.355 e. The van der Waals surface area contributed by atoms with E-state index in [0.29, 0.717) is 22.2 Å². The number of oxime groups is 1. The fourth-order valence-corrected chi connectivity index (χ4v) is 9.06. The first-order chi connectivity index (χ1) is 27.9. The van der Waals surface area contributed by atoms with Gasteiger partial charge in [-0.25, -0.2) is 9.78 Å². The quantitative estimate of drug-likeness (QED) is 0.0230. The van der Waals surface area contributed by atoms with Crippen LogP contribution >= 0.6 is 34.7 Å². The molecule has 15 heteroatoms. The normalized spacial score (nSPS) is 16.5. The lowest BCUT2D eigenvalue weighted by atomic mass is 9.77. The highest BCUT2D eigenvalue weighted by molar-refractivity contribution is 8.00. The van der Waals surface area contributed by atoms with Crippen LogP contribution in [0.1, 0.15) is 27.9 Å². The summed E-state index contributed by atoms with van der Waals surface area (Å²) in [5, 5.41) is 21.1. The number of carbonyl (C=O) groups excluding carboxylic acids is 3. The van der Waals surface area contributed by atoms with Gasteiger partial charge in [-0.05, 0) is 40.0 Å². The number of methoxy groups -OCH3 is 1. The van der Waals surface area contributed by atoms with Gasteiger partial charge < -0.3 is 24.9 Å². The largest absolute Gasteiger partial charge is 0.497 e. The van der Waals surface area contributed by atoms with Gasteiger partial charge in [0.05, 0.1) is 7.11 Å². The minimum atomic E-state index is -1.01. The summed E-state index contributed by atoms with van der Waals surface area (Å²) in [7, 11) is 1.56. The van der Waals surface area contributed by atoms with E-state index in [4.69, 9.17) is 36.2 Å². The Balaban J connectivity index is 1.13. The van der Waals surface area contributed by atoms with E-state index in [9.17, 15) is 14.4 Å². The van der Waals surface area contributed by atoms with E-state index in [1.807, 2.05) is 97.1 Å². The lowest BCUT2D eigenvalue weighted by molar-refractivity contribution is -0.153. The van der Waals surface area contributed by atoms with Crippen LogP contribution in [0.3, 0.4) is 0 Å². The number of aromatic nitrogens is 1. The minimum Gasteiger partial charge on any atom is -0.497 e. The zero-order valence-corrected chi connectivity index (χ0v) is 32.9. The molecule has 2 aliphatic heterocycles. The SMILES string of the molecule is COc1ccc(COC(=O)C2=C(CCl)CS[C@@H]3[C@H](NC(=O)/C(=N\OCC#N)c4csc(NC(c5ccccc5)(c5ccccc5)c5ccccc5)n4)C(=O)N23)cc1. The number of hydrogen-bond donors (Lipinski definition) is 2. The monoisotopic (exact) mass is 818 g/mol. The van der Waals surface area contributed by atoms with Gasteiger partial charge in [0.25, 0.3) is 11.8 Å². The molecule has 2 aliphatic rings. The minimum absolute atomic E-state index is 0.0147. The number of rotatable bonds is 15. The molecule has 0 unspecified atom stereocenters. The first kappa shape index (κ1) is 39.1. The maximum atomic E-state index is 14.0. The summed E-state index contributed by atoms with van der Waals surface area (Å²) in [5.74, 6) is -0.943. The highest BCUT2D eigenvalue weighted by atomic mass is 35.5. The zero-order chi connectivity index (χ0) is 39.8. The van der Waals surface area contributed by atoms with Crippen molar-refractivity contribution in [1.29, 1.82) is 5.26 Å². The zero-order valence-electron chi connectivity index (χ0n) is 30.5. The molecule has 7 rings (SSSR count). The maximum absolute atomic E-state index is 14.0. The van der Waals surface area contributed by atoms with Crippen LogP contribution in [0.5, 0.6) is 5.75 Å². The van der Waals surface area contributed by atoms with Gasteiger partial charge in [-0.1, -0.05) is 108 Å². The van der Waals surface area contributed by atoms with Crippen molar-refractivity contribution in [2.45, 2.75) is 23.6 Å². The van der Waals surface area contributed by atoms with E-state index in [1.165, 1.54) is 28.0 Å². The van der Waals surface area contributed by atoms with Gasteiger partial charge in [0.1, 0.15) is 46.8 Å². The Bertz CT molecular complexity index is 2240. The molecule has 2 amide bonds. The second-order valence-electron chi connectivity index (χ2n) is 12.8. The molecule has 1 saturated heterocycles. The third-order valence-electron chi connectivity index (χ3n) is 9.38. The number of hydrogen-bond acceptors (Lipinski definition) is 12. The fraction of sp³-hybridized carbons (Fsp3) is 0.190. The number of thiazole rings is 1. The Morgan fingerprint density at radius 1 is 0.965 bits per heavy atom. The molecule has 3 heterocycles. The van der Waals surface area contributed by atoms with Gasteiger partial charge in [-0.2, -0.15) is 5.26 Å². The fourth-order valence-electron chi connectivity index (χ4n) is 6.63. The van der Waals surface area contributed by atoms with Crippen molar-refractivity contribution in [1.82, 2.24) is 15.2 Å². The molecule has 288 valence electrons. The Morgan fingerprint density at radius 3 is 2.14 bits per heavy atom. The number of fused-ring (bicyclic) bond motifs is 1. The van der Waals surface area contributed by atoms with Gasteiger partial charge in [0.2, 0.25) is 6.61 Å². The van der Waals surface area contributed by atoms with Gasteiger partial charge in [-0.3, -0.25) is 14.5 Å². The molecule has 1 aromatic heterocycles. The molecule has 57 heavy (non-hydrogen) atoms. The summed E-state index contributed by atoms with van der Waals surface area (Å²) in [6, 6.07) is 37.8. The summed E-state index contributed by atoms with van der Waals surface area (Å²) in [4.78, 5) is 52.4. The molecule has 0 aliphatic carbocycles. The number of amides is 2. The summed E-state index contributed by atoms with van der Waals surface area (Å²) in [5.41, 5.74) is 3.25. The van der Waals surface area contributed by atoms with E-state index in [0.717, 1.165) is 22.3 Å². The lowest BCUT2D eigenvalue weighted by Gasteiger charge is -2.49. The van der Waals surface area contributed by atoms with Crippen LogP contribution in [0.15, 0.2) is 137 Å². The summed E-state index contributed by atoms with van der Waals surface area (Å²) in [6.45, 7) is -0.453. The molecule has 5 aromatic rings. The van der Waals surface area contributed by atoms with Crippen molar-refractivity contribution >= 4 is 63.3 Å². The number of nitrogens with zero attached hydrogens (tertiary/aromatic N) is 4. The number of nitriles is 1. The van der Waals surface area contributed by atoms with Crippen molar-refractivity contribution in [3.8, 4) is 11.8 Å². The molecule has 4 aromatic carbocycles. The number of esters is 1. The predicted molar refractivity (Wildman–Crippen MR) is 219 cm³/mol. The molecule has 0 bridgehead atoms. The number of alkyl halides is 1. The number of halogens is 1. The van der Waals surface area contributed by atoms with Gasteiger partial charge >= 0.3 is 5.97 Å². The van der Waals surface area contributed by atoms with E-state index in [1.54, 1.807) is 36.8 Å². The van der Waals surface area contributed by atoms with Crippen LogP contribution in [0, 0.1) is 11.3 Å². The highest BCUT2D eigenvalue weighted by Gasteiger charge is 2.54. The molecule has 12 nitrogen and oxygen atoms in total. The van der Waals surface area contributed by atoms with Crippen molar-refractivity contribution in [2.75, 3.05) is 30.7 Å². The van der Waals surface area contributed by atoms with Gasteiger partial charge in [0.15, 0.2) is 10.8 Å². The van der Waals surface area contributed by atoms with Crippen LogP contribution in [-0.4, -0.2) is 70.1 Å². The number of anilines is 1. The number of carbonyl (C=O) groups is 3. The van der Waals surface area contributed by atoms with Crippen molar-refractivity contribution in [3.63, 3.8) is 0 Å². The molecule has 2 N–H and O–H groups in total. The average molecular weight is 819 g/mol. The Kier molecular flexibility index (Phi) is 12.2. The number of thioether (sulfide) groups is 1. The Labute approximate surface area is 342 Å². The summed E-state index contributed by atoms with van der Waals surface area (Å²) >= 11 is 8.84. The van der Waals surface area contributed by atoms with Crippen LogP contribution in [-0.2, 0) is 36.1 Å². The highest BCUT2D eigenvalue weighted by Crippen LogP contribution is 2.42. The number of β-lactam (4-membered cyclic amide) rings is 1. The number of ether oxygens (including phenoxy) is 2. The van der Waals surface area contributed by atoms with Gasteiger partial charge in [-0.15, -0.1) is 34.7 Å². The van der Waals surface area contributed by atoms with Gasteiger partial charge in [0, 0.05) is 17.0 Å². The molecule has 0 spiro atoms. The number of nitrogens with one attached hydrogen (secondary N) is 2. The second kappa shape index (κ2) is 17.8. The Morgan fingerprint density at radius 2 is 1.58 bits per heavy atom. The third-order valence-corrected chi connectivity index (χ3v) is 11.8. The van der Waals surface area contributed by atoms with E-state index < -0.39 is 41.3 Å². The molecule has 0 saturated carbocycles. The number of benzene rings is 4. The van der Waals surface area contributed by atoms with Crippen LogP contribution in [0.2, 0.25) is 0 Å². The van der Waals surface area contributed by atoms with Crippen LogP contribution in [0.4, 0.5) is 5.13 Å². The van der Waals surface area contributed by atoms with Crippen LogP contribution < -0.4 is 15.4 Å². The molecule has 0 radical (unpaired) electrons. The first-order valence-electron chi connectivity index (χ1n) is 17.7. The molecule has 1 fully saturated rings.